The maximum absolute atomic E-state index is 12.2. The Morgan fingerprint density at radius 1 is 0.521 bits per heavy atom. The molecule has 0 bridgehead atoms. The number of carbonyl (C=O) groups excluding carboxylic acids is 1. The molecule has 276 valence electrons. The highest BCUT2D eigenvalue weighted by molar-refractivity contribution is 5.69. The summed E-state index contributed by atoms with van der Waals surface area (Å²) in [6.45, 7) is 5.15. The molecule has 48 heavy (non-hydrogen) atoms. The van der Waals surface area contributed by atoms with Crippen LogP contribution in [0.1, 0.15) is 174 Å². The third-order valence-corrected chi connectivity index (χ3v) is 8.30. The summed E-state index contributed by atoms with van der Waals surface area (Å²) in [5.74, 6) is -0.215. The van der Waals surface area contributed by atoms with Crippen molar-refractivity contribution in [2.45, 2.75) is 180 Å². The lowest BCUT2D eigenvalue weighted by atomic mass is 10.0. The summed E-state index contributed by atoms with van der Waals surface area (Å²) in [6, 6.07) is 0. The minimum atomic E-state index is -0.553. The number of aliphatic hydroxyl groups is 1. The molecule has 0 amide bonds. The molecule has 0 fully saturated rings. The van der Waals surface area contributed by atoms with Crippen LogP contribution in [-0.2, 0) is 14.3 Å². The molecule has 0 saturated carbocycles. The van der Waals surface area contributed by atoms with E-state index in [9.17, 15) is 9.90 Å². The summed E-state index contributed by atoms with van der Waals surface area (Å²) in [7, 11) is 0. The second kappa shape index (κ2) is 41.0. The quantitative estimate of drug-likeness (QED) is 0.0410. The first-order valence-electron chi connectivity index (χ1n) is 20.0. The fourth-order valence-corrected chi connectivity index (χ4v) is 5.33. The van der Waals surface area contributed by atoms with Gasteiger partial charge in [0, 0.05) is 13.0 Å². The first-order chi connectivity index (χ1) is 23.7. The van der Waals surface area contributed by atoms with Gasteiger partial charge in [-0.3, -0.25) is 4.79 Å². The monoisotopic (exact) mass is 669 g/mol. The standard InChI is InChI=1S/C44H76O4/c1-3-5-7-9-11-13-15-17-19-20-21-22-23-24-25-26-28-30-32-34-36-38-40-47-42-43(41-45)48-44(46)39-37-35-33-31-29-27-18-16-14-12-10-8-6-4-2/h5,7,11,13,17,19,21-22,24-25,28,30,43,45H,3-4,6,8-10,12,14-16,18,20,23,26-27,29,31-42H2,1-2H3/b7-5-,13-11-,19-17-,22-21-,25-24-,30-28-. The number of unbranched alkanes of at least 4 members (excludes halogenated alkanes) is 16. The van der Waals surface area contributed by atoms with E-state index in [4.69, 9.17) is 9.47 Å². The van der Waals surface area contributed by atoms with Crippen LogP contribution in [0.5, 0.6) is 0 Å². The van der Waals surface area contributed by atoms with Gasteiger partial charge in [-0.25, -0.2) is 0 Å². The molecule has 0 saturated heterocycles. The Hall–Kier alpha value is -2.17. The van der Waals surface area contributed by atoms with Gasteiger partial charge in [0.15, 0.2) is 0 Å². The zero-order chi connectivity index (χ0) is 34.9. The van der Waals surface area contributed by atoms with Crippen molar-refractivity contribution in [3.63, 3.8) is 0 Å². The maximum atomic E-state index is 12.2. The van der Waals surface area contributed by atoms with Gasteiger partial charge < -0.3 is 14.6 Å². The highest BCUT2D eigenvalue weighted by Crippen LogP contribution is 2.14. The normalized spacial score (nSPS) is 13.1. The smallest absolute Gasteiger partial charge is 0.306 e. The predicted octanol–water partition coefficient (Wildman–Crippen LogP) is 13.0. The van der Waals surface area contributed by atoms with E-state index in [1.54, 1.807) is 0 Å². The van der Waals surface area contributed by atoms with Crippen LogP contribution in [0.3, 0.4) is 0 Å². The van der Waals surface area contributed by atoms with Gasteiger partial charge in [-0.05, 0) is 64.2 Å². The van der Waals surface area contributed by atoms with Gasteiger partial charge >= 0.3 is 5.97 Å². The van der Waals surface area contributed by atoms with Crippen LogP contribution in [0.15, 0.2) is 72.9 Å². The molecule has 0 spiro atoms. The Morgan fingerprint density at radius 2 is 0.938 bits per heavy atom. The minimum Gasteiger partial charge on any atom is -0.457 e. The molecule has 0 aliphatic carbocycles. The SMILES string of the molecule is CC/C=C\C/C=C\C/C=C\C/C=C\C/C=C\C/C=C\CCCCCOCC(CO)OC(=O)CCCCCCCCCCCCCCCC. The largest absolute Gasteiger partial charge is 0.457 e. The number of carbonyl (C=O) groups is 1. The molecule has 0 aliphatic heterocycles. The highest BCUT2D eigenvalue weighted by Gasteiger charge is 2.13. The fourth-order valence-electron chi connectivity index (χ4n) is 5.33. The van der Waals surface area contributed by atoms with Crippen molar-refractivity contribution in [2.75, 3.05) is 19.8 Å². The Kier molecular flexibility index (Phi) is 39.1. The minimum absolute atomic E-state index is 0.187. The first kappa shape index (κ1) is 45.8. The van der Waals surface area contributed by atoms with Crippen molar-refractivity contribution >= 4 is 5.97 Å². The lowest BCUT2D eigenvalue weighted by Crippen LogP contribution is -2.27. The van der Waals surface area contributed by atoms with Crippen LogP contribution < -0.4 is 0 Å². The van der Waals surface area contributed by atoms with Crippen molar-refractivity contribution in [1.82, 2.24) is 0 Å². The number of hydrogen-bond donors (Lipinski definition) is 1. The van der Waals surface area contributed by atoms with E-state index in [-0.39, 0.29) is 19.2 Å². The zero-order valence-electron chi connectivity index (χ0n) is 31.5. The molecule has 0 heterocycles. The molecule has 4 heteroatoms. The molecule has 0 aliphatic rings. The van der Waals surface area contributed by atoms with E-state index < -0.39 is 6.10 Å². The van der Waals surface area contributed by atoms with Crippen LogP contribution in [0.25, 0.3) is 0 Å². The topological polar surface area (TPSA) is 55.8 Å². The van der Waals surface area contributed by atoms with Gasteiger partial charge in [0.25, 0.3) is 0 Å². The fraction of sp³-hybridized carbons (Fsp3) is 0.705. The number of allylic oxidation sites excluding steroid dienone is 12. The van der Waals surface area contributed by atoms with Gasteiger partial charge in [-0.2, -0.15) is 0 Å². The molecular weight excluding hydrogens is 592 g/mol. The van der Waals surface area contributed by atoms with Gasteiger partial charge in [0.1, 0.15) is 6.10 Å². The second-order valence-electron chi connectivity index (χ2n) is 13.0. The van der Waals surface area contributed by atoms with Crippen molar-refractivity contribution < 1.29 is 19.4 Å². The van der Waals surface area contributed by atoms with Crippen molar-refractivity contribution in [3.05, 3.63) is 72.9 Å². The third-order valence-electron chi connectivity index (χ3n) is 8.30. The molecule has 0 aromatic carbocycles. The molecule has 4 nitrogen and oxygen atoms in total. The number of hydrogen-bond acceptors (Lipinski definition) is 4. The lowest BCUT2D eigenvalue weighted by molar-refractivity contribution is -0.154. The van der Waals surface area contributed by atoms with E-state index in [2.05, 4.69) is 86.8 Å². The summed E-state index contributed by atoms with van der Waals surface area (Å²) in [4.78, 5) is 12.2. The summed E-state index contributed by atoms with van der Waals surface area (Å²) in [5, 5.41) is 9.57. The third kappa shape index (κ3) is 38.3. The van der Waals surface area contributed by atoms with Gasteiger partial charge in [0.05, 0.1) is 13.2 Å². The number of rotatable bonds is 36. The van der Waals surface area contributed by atoms with Crippen LogP contribution in [0.2, 0.25) is 0 Å². The van der Waals surface area contributed by atoms with E-state index in [1.807, 2.05) is 0 Å². The summed E-state index contributed by atoms with van der Waals surface area (Å²) in [5.41, 5.74) is 0. The van der Waals surface area contributed by atoms with Gasteiger partial charge in [-0.1, -0.05) is 177 Å². The molecule has 1 unspecified atom stereocenters. The molecular formula is C44H76O4. The number of ether oxygens (including phenoxy) is 2. The van der Waals surface area contributed by atoms with Gasteiger partial charge in [0.2, 0.25) is 0 Å². The summed E-state index contributed by atoms with van der Waals surface area (Å²) >= 11 is 0. The average Bonchev–Trinajstić information content (AvgIpc) is 3.09. The van der Waals surface area contributed by atoms with Crippen molar-refractivity contribution in [2.24, 2.45) is 0 Å². The summed E-state index contributed by atoms with van der Waals surface area (Å²) in [6.07, 6.45) is 55.2. The first-order valence-corrected chi connectivity index (χ1v) is 20.0. The van der Waals surface area contributed by atoms with Crippen LogP contribution in [0.4, 0.5) is 0 Å². The number of aliphatic hydroxyl groups excluding tert-OH is 1. The number of esters is 1. The van der Waals surface area contributed by atoms with Crippen molar-refractivity contribution in [1.29, 1.82) is 0 Å². The Balaban J connectivity index is 3.55. The molecule has 0 radical (unpaired) electrons. The van der Waals surface area contributed by atoms with E-state index >= 15 is 0 Å². The highest BCUT2D eigenvalue weighted by atomic mass is 16.6. The Morgan fingerprint density at radius 3 is 1.40 bits per heavy atom. The molecule has 0 aromatic heterocycles. The summed E-state index contributed by atoms with van der Waals surface area (Å²) < 4.78 is 11.1. The van der Waals surface area contributed by atoms with Crippen molar-refractivity contribution in [3.8, 4) is 0 Å². The van der Waals surface area contributed by atoms with Crippen LogP contribution in [0, 0.1) is 0 Å². The second-order valence-corrected chi connectivity index (χ2v) is 13.0. The Labute approximate surface area is 297 Å². The van der Waals surface area contributed by atoms with Crippen LogP contribution >= 0.6 is 0 Å². The zero-order valence-corrected chi connectivity index (χ0v) is 31.5. The maximum Gasteiger partial charge on any atom is 0.306 e. The van der Waals surface area contributed by atoms with E-state index in [0.717, 1.165) is 77.0 Å². The predicted molar refractivity (Wildman–Crippen MR) is 209 cm³/mol. The van der Waals surface area contributed by atoms with E-state index in [0.29, 0.717) is 13.0 Å². The molecule has 1 atom stereocenters. The van der Waals surface area contributed by atoms with E-state index in [1.165, 1.54) is 77.0 Å². The van der Waals surface area contributed by atoms with Crippen LogP contribution in [-0.4, -0.2) is 37.0 Å². The lowest BCUT2D eigenvalue weighted by Gasteiger charge is -2.15. The molecule has 0 rings (SSSR count). The average molecular weight is 669 g/mol. The molecule has 1 N–H and O–H groups in total. The molecule has 0 aromatic rings. The Bertz CT molecular complexity index is 835. The van der Waals surface area contributed by atoms with Gasteiger partial charge in [-0.15, -0.1) is 0 Å².